The monoisotopic (exact) mass is 480 g/mol. The Labute approximate surface area is 164 Å². The van der Waals surface area contributed by atoms with Crippen LogP contribution in [0.25, 0.3) is 0 Å². The summed E-state index contributed by atoms with van der Waals surface area (Å²) in [6, 6.07) is 0. The quantitative estimate of drug-likeness (QED) is 0.275. The van der Waals surface area contributed by atoms with Gasteiger partial charge >= 0.3 is 12.3 Å². The summed E-state index contributed by atoms with van der Waals surface area (Å²) in [4.78, 5) is 19.7. The smallest absolute Gasteiger partial charge is 0.409 e. The Morgan fingerprint density at radius 1 is 1.12 bits per heavy atom. The van der Waals surface area contributed by atoms with Gasteiger partial charge in [-0.25, -0.2) is 4.79 Å². The predicted octanol–water partition coefficient (Wildman–Crippen LogP) is 3.08. The second-order valence-corrected chi connectivity index (χ2v) is 5.48. The minimum absolute atomic E-state index is 0. The Morgan fingerprint density at radius 3 is 2.24 bits per heavy atom. The number of nitrogens with one attached hydrogen (secondary N) is 1. The fourth-order valence-corrected chi connectivity index (χ4v) is 2.36. The van der Waals surface area contributed by atoms with Gasteiger partial charge in [-0.15, -0.1) is 24.0 Å². The van der Waals surface area contributed by atoms with Crippen molar-refractivity contribution in [2.75, 3.05) is 45.9 Å². The highest BCUT2D eigenvalue weighted by Gasteiger charge is 2.26. The lowest BCUT2D eigenvalue weighted by molar-refractivity contribution is -0.135. The van der Waals surface area contributed by atoms with Crippen molar-refractivity contribution in [1.29, 1.82) is 0 Å². The molecule has 0 aromatic heterocycles. The first-order valence-corrected chi connectivity index (χ1v) is 8.39. The standard InChI is InChI=1S/C15H27F3N4O2.HI/c1-3-19-13(20-8-6-5-7-15(16,17)18)21-9-11-22(12-10-21)14(23)24-4-2;/h3-12H2,1-2H3,(H,19,20);1H. The molecule has 1 aliphatic heterocycles. The van der Waals surface area contributed by atoms with Crippen LogP contribution in [-0.2, 0) is 4.74 Å². The van der Waals surface area contributed by atoms with E-state index in [9.17, 15) is 18.0 Å². The van der Waals surface area contributed by atoms with E-state index in [0.717, 1.165) is 0 Å². The maximum Gasteiger partial charge on any atom is 0.409 e. The number of unbranched alkanes of at least 4 members (excludes halogenated alkanes) is 1. The van der Waals surface area contributed by atoms with Gasteiger partial charge in [-0.1, -0.05) is 0 Å². The van der Waals surface area contributed by atoms with E-state index in [4.69, 9.17) is 4.74 Å². The molecule has 0 radical (unpaired) electrons. The van der Waals surface area contributed by atoms with E-state index >= 15 is 0 Å². The van der Waals surface area contributed by atoms with Crippen molar-refractivity contribution in [2.24, 2.45) is 4.99 Å². The number of carbonyl (C=O) groups excluding carboxylic acids is 1. The van der Waals surface area contributed by atoms with Crippen molar-refractivity contribution < 1.29 is 22.7 Å². The van der Waals surface area contributed by atoms with Crippen molar-refractivity contribution >= 4 is 36.0 Å². The molecular weight excluding hydrogens is 452 g/mol. The number of nitrogens with zero attached hydrogens (tertiary/aromatic N) is 3. The van der Waals surface area contributed by atoms with Crippen LogP contribution in [0.15, 0.2) is 4.99 Å². The molecule has 0 atom stereocenters. The van der Waals surface area contributed by atoms with E-state index in [2.05, 4.69) is 10.3 Å². The molecule has 25 heavy (non-hydrogen) atoms. The van der Waals surface area contributed by atoms with Gasteiger partial charge in [0.1, 0.15) is 0 Å². The Balaban J connectivity index is 0.00000576. The van der Waals surface area contributed by atoms with Gasteiger partial charge in [0.2, 0.25) is 0 Å². The topological polar surface area (TPSA) is 57.2 Å². The molecule has 1 amide bonds. The summed E-state index contributed by atoms with van der Waals surface area (Å²) >= 11 is 0. The van der Waals surface area contributed by atoms with Crippen LogP contribution in [-0.4, -0.2) is 73.9 Å². The van der Waals surface area contributed by atoms with Crippen LogP contribution in [0, 0.1) is 0 Å². The van der Waals surface area contributed by atoms with Crippen molar-refractivity contribution in [2.45, 2.75) is 39.3 Å². The van der Waals surface area contributed by atoms with Gasteiger partial charge in [-0.05, 0) is 26.7 Å². The minimum atomic E-state index is -4.10. The number of halogens is 4. The third-order valence-electron chi connectivity index (χ3n) is 3.57. The summed E-state index contributed by atoms with van der Waals surface area (Å²) in [5, 5.41) is 3.15. The molecule has 1 N–H and O–H groups in total. The number of aliphatic imine (C=N–C) groups is 1. The van der Waals surface area contributed by atoms with Gasteiger partial charge in [-0.2, -0.15) is 13.2 Å². The highest BCUT2D eigenvalue weighted by atomic mass is 127. The Bertz CT molecular complexity index is 414. The normalized spacial score (nSPS) is 15.6. The van der Waals surface area contributed by atoms with Gasteiger partial charge in [0, 0.05) is 45.7 Å². The number of carbonyl (C=O) groups is 1. The van der Waals surface area contributed by atoms with E-state index in [1.54, 1.807) is 11.8 Å². The molecule has 0 saturated carbocycles. The Morgan fingerprint density at radius 2 is 1.72 bits per heavy atom. The van der Waals surface area contributed by atoms with Gasteiger partial charge in [0.15, 0.2) is 5.96 Å². The second kappa shape index (κ2) is 12.4. The van der Waals surface area contributed by atoms with Crippen LogP contribution in [0.3, 0.4) is 0 Å². The highest BCUT2D eigenvalue weighted by Crippen LogP contribution is 2.22. The molecule has 1 saturated heterocycles. The zero-order valence-electron chi connectivity index (χ0n) is 14.8. The highest BCUT2D eigenvalue weighted by molar-refractivity contribution is 14.0. The number of hydrogen-bond donors (Lipinski definition) is 1. The van der Waals surface area contributed by atoms with Crippen LogP contribution in [0.2, 0.25) is 0 Å². The van der Waals surface area contributed by atoms with Crippen molar-refractivity contribution in [1.82, 2.24) is 15.1 Å². The Kier molecular flexibility index (Phi) is 12.0. The van der Waals surface area contributed by atoms with E-state index in [1.165, 1.54) is 0 Å². The molecule has 1 aliphatic rings. The molecule has 0 aliphatic carbocycles. The van der Waals surface area contributed by atoms with Gasteiger partial charge < -0.3 is 19.9 Å². The van der Waals surface area contributed by atoms with Crippen LogP contribution in [0.4, 0.5) is 18.0 Å². The number of piperazine rings is 1. The van der Waals surface area contributed by atoms with Crippen molar-refractivity contribution in [3.8, 4) is 0 Å². The third-order valence-corrected chi connectivity index (χ3v) is 3.57. The maximum absolute atomic E-state index is 12.1. The first-order chi connectivity index (χ1) is 11.4. The molecule has 1 rings (SSSR count). The van der Waals surface area contributed by atoms with Crippen LogP contribution >= 0.6 is 24.0 Å². The van der Waals surface area contributed by atoms with E-state index < -0.39 is 12.6 Å². The van der Waals surface area contributed by atoms with Crippen molar-refractivity contribution in [3.05, 3.63) is 0 Å². The molecule has 0 aromatic carbocycles. The molecule has 0 unspecified atom stereocenters. The average molecular weight is 480 g/mol. The Hall–Kier alpha value is -0.940. The summed E-state index contributed by atoms with van der Waals surface area (Å²) in [7, 11) is 0. The molecule has 0 bridgehead atoms. The lowest BCUT2D eigenvalue weighted by Gasteiger charge is -2.35. The number of amides is 1. The number of ether oxygens (including phenoxy) is 1. The van der Waals surface area contributed by atoms with Gasteiger partial charge in [0.05, 0.1) is 6.61 Å². The summed E-state index contributed by atoms with van der Waals surface area (Å²) in [5.41, 5.74) is 0. The molecule has 10 heteroatoms. The number of guanidine groups is 1. The molecule has 6 nitrogen and oxygen atoms in total. The van der Waals surface area contributed by atoms with Crippen LogP contribution in [0.1, 0.15) is 33.1 Å². The molecule has 0 aromatic rings. The molecule has 148 valence electrons. The minimum Gasteiger partial charge on any atom is -0.450 e. The summed E-state index contributed by atoms with van der Waals surface area (Å²) in [5.74, 6) is 0.688. The zero-order valence-corrected chi connectivity index (χ0v) is 17.1. The van der Waals surface area contributed by atoms with Crippen LogP contribution in [0.5, 0.6) is 0 Å². The summed E-state index contributed by atoms with van der Waals surface area (Å²) in [6.07, 6.45) is -4.69. The SMILES string of the molecule is CCNC(=NCCCCC(F)(F)F)N1CCN(C(=O)OCC)CC1.I. The van der Waals surface area contributed by atoms with E-state index in [-0.39, 0.29) is 36.5 Å². The number of hydrogen-bond acceptors (Lipinski definition) is 3. The summed E-state index contributed by atoms with van der Waals surface area (Å²) < 4.78 is 41.3. The maximum atomic E-state index is 12.1. The predicted molar refractivity (Wildman–Crippen MR) is 101 cm³/mol. The molecule has 1 heterocycles. The summed E-state index contributed by atoms with van der Waals surface area (Å²) in [6.45, 7) is 7.41. The average Bonchev–Trinajstić information content (AvgIpc) is 2.53. The third kappa shape index (κ3) is 9.95. The lowest BCUT2D eigenvalue weighted by Crippen LogP contribution is -2.53. The fraction of sp³-hybridized carbons (Fsp3) is 0.867. The van der Waals surface area contributed by atoms with Crippen LogP contribution < -0.4 is 5.32 Å². The lowest BCUT2D eigenvalue weighted by atomic mass is 10.2. The second-order valence-electron chi connectivity index (χ2n) is 5.48. The van der Waals surface area contributed by atoms with Gasteiger partial charge in [-0.3, -0.25) is 4.99 Å². The number of alkyl halides is 3. The zero-order chi connectivity index (χ0) is 18.0. The first kappa shape index (κ1) is 24.1. The van der Waals surface area contributed by atoms with E-state index in [0.29, 0.717) is 58.3 Å². The number of rotatable bonds is 6. The van der Waals surface area contributed by atoms with Gasteiger partial charge in [0.25, 0.3) is 0 Å². The van der Waals surface area contributed by atoms with Crippen molar-refractivity contribution in [3.63, 3.8) is 0 Å². The molecule has 1 fully saturated rings. The fourth-order valence-electron chi connectivity index (χ4n) is 2.36. The molecular formula is C15H28F3IN4O2. The molecule has 0 spiro atoms. The van der Waals surface area contributed by atoms with E-state index in [1.807, 2.05) is 11.8 Å². The largest absolute Gasteiger partial charge is 0.450 e. The first-order valence-electron chi connectivity index (χ1n) is 8.39.